The van der Waals surface area contributed by atoms with E-state index in [0.717, 1.165) is 0 Å². The third-order valence-corrected chi connectivity index (χ3v) is 0.414. The Labute approximate surface area is 24.6 Å². The Kier molecular flexibility index (Phi) is 0.245. The lowest BCUT2D eigenvalue weighted by Gasteiger charge is -1.50. The molecule has 0 aromatic rings. The quantitative estimate of drug-likeness (QED) is 0.389. The number of halogens is 1. The summed E-state index contributed by atoms with van der Waals surface area (Å²) < 4.78 is 11.1. The molecular weight excluding hydrogens is 55.0 g/mol. The predicted molar refractivity (Wildman–Crippen MR) is 13.8 cm³/mol. The molecule has 1 saturated carbocycles. The van der Waals surface area contributed by atoms with Gasteiger partial charge < -0.3 is 0 Å². The van der Waals surface area contributed by atoms with Crippen molar-refractivity contribution in [1.29, 1.82) is 0 Å². The van der Waals surface area contributed by atoms with Crippen LogP contribution in [0.15, 0.2) is 0 Å². The van der Waals surface area contributed by atoms with Crippen molar-refractivity contribution in [1.82, 2.24) is 0 Å². The van der Waals surface area contributed by atoms with Crippen molar-refractivity contribution in [3.05, 3.63) is 6.42 Å². The van der Waals surface area contributed by atoms with Gasteiger partial charge in [-0.2, -0.15) is 0 Å². The van der Waals surface area contributed by atoms with Gasteiger partial charge in [0.05, 0.1) is 0 Å². The van der Waals surface area contributed by atoms with Crippen LogP contribution < -0.4 is 0 Å². The number of hydrogen-bond acceptors (Lipinski definition) is 0. The van der Waals surface area contributed by atoms with Crippen molar-refractivity contribution < 1.29 is 4.39 Å². The Bertz CT molecular complexity index is 22.5. The minimum Gasteiger partial charge on any atom is -0.247 e. The summed E-state index contributed by atoms with van der Waals surface area (Å²) in [4.78, 5) is 0. The first kappa shape index (κ1) is 2.18. The van der Waals surface area contributed by atoms with Crippen molar-refractivity contribution in [2.45, 2.75) is 12.6 Å². The first-order chi connectivity index (χ1) is 1.89. The summed E-state index contributed by atoms with van der Waals surface area (Å²) in [6.45, 7) is 0. The molecule has 1 aliphatic rings. The van der Waals surface area contributed by atoms with Crippen LogP contribution in [0.1, 0.15) is 6.42 Å². The fourth-order valence-electron chi connectivity index (χ4n) is 0.0514. The Hall–Kier alpha value is -0.0700. The van der Waals surface area contributed by atoms with E-state index in [9.17, 15) is 4.39 Å². The van der Waals surface area contributed by atoms with Crippen molar-refractivity contribution >= 4 is 0 Å². The predicted octanol–water partition coefficient (Wildman–Crippen LogP) is 0.932. The molecule has 0 bridgehead atoms. The van der Waals surface area contributed by atoms with Crippen LogP contribution in [-0.4, -0.2) is 6.17 Å². The molecule has 1 atom stereocenters. The highest BCUT2D eigenvalue weighted by atomic mass is 19.1. The molecule has 1 aliphatic carbocycles. The van der Waals surface area contributed by atoms with Gasteiger partial charge in [0.2, 0.25) is 0 Å². The topological polar surface area (TPSA) is 0 Å². The summed E-state index contributed by atoms with van der Waals surface area (Å²) in [6.07, 6.45) is 1.78. The summed E-state index contributed by atoms with van der Waals surface area (Å²) in [5.74, 6) is 0. The van der Waals surface area contributed by atoms with Gasteiger partial charge in [-0.05, 0) is 12.8 Å². The lowest BCUT2D eigenvalue weighted by atomic mass is 10.9. The maximum absolute atomic E-state index is 11.1. The monoisotopic (exact) mass is 59.0 g/mol. The van der Waals surface area contributed by atoms with E-state index in [2.05, 4.69) is 0 Å². The first-order valence-corrected chi connectivity index (χ1v) is 1.37. The van der Waals surface area contributed by atoms with Crippen LogP contribution in [0.4, 0.5) is 4.39 Å². The number of alkyl halides is 1. The molecule has 1 radical (unpaired) electrons. The van der Waals surface area contributed by atoms with E-state index in [0.29, 0.717) is 6.42 Å². The normalized spacial score (nSPS) is 26.2. The number of rotatable bonds is 0. The molecule has 1 rings (SSSR count). The SMILES string of the molecule is F[C@H]1[CH]C1. The summed E-state index contributed by atoms with van der Waals surface area (Å²) in [7, 11) is 0. The molecule has 0 unspecified atom stereocenters. The van der Waals surface area contributed by atoms with Gasteiger partial charge in [-0.1, -0.05) is 0 Å². The molecule has 0 aromatic heterocycles. The summed E-state index contributed by atoms with van der Waals surface area (Å²) in [5.41, 5.74) is 0. The molecule has 1 fully saturated rings. The highest BCUT2D eigenvalue weighted by Crippen LogP contribution is 2.20. The van der Waals surface area contributed by atoms with Gasteiger partial charge in [-0.15, -0.1) is 0 Å². The second-order valence-electron chi connectivity index (χ2n) is 0.987. The third-order valence-electron chi connectivity index (χ3n) is 0.414. The van der Waals surface area contributed by atoms with E-state index in [1.807, 2.05) is 0 Å². The van der Waals surface area contributed by atoms with E-state index in [1.165, 1.54) is 0 Å². The minimum atomic E-state index is -0.542. The molecule has 0 N–H and O–H groups in total. The van der Waals surface area contributed by atoms with Crippen molar-refractivity contribution in [2.75, 3.05) is 0 Å². The Balaban J connectivity index is 2.17. The van der Waals surface area contributed by atoms with Gasteiger partial charge >= 0.3 is 0 Å². The van der Waals surface area contributed by atoms with Gasteiger partial charge in [-0.3, -0.25) is 0 Å². The summed E-state index contributed by atoms with van der Waals surface area (Å²) in [5, 5.41) is 0. The molecule has 0 nitrogen and oxygen atoms in total. The van der Waals surface area contributed by atoms with Crippen LogP contribution in [0.2, 0.25) is 0 Å². The van der Waals surface area contributed by atoms with Crippen molar-refractivity contribution in [3.8, 4) is 0 Å². The fraction of sp³-hybridized carbons (Fsp3) is 0.667. The van der Waals surface area contributed by atoms with Crippen molar-refractivity contribution in [3.63, 3.8) is 0 Å². The maximum atomic E-state index is 11.1. The molecule has 0 aromatic carbocycles. The van der Waals surface area contributed by atoms with Crippen LogP contribution in [0.3, 0.4) is 0 Å². The lowest BCUT2D eigenvalue weighted by molar-refractivity contribution is 0.494. The average molecular weight is 59.1 g/mol. The zero-order chi connectivity index (χ0) is 2.99. The van der Waals surface area contributed by atoms with E-state index < -0.39 is 6.17 Å². The van der Waals surface area contributed by atoms with E-state index in [1.54, 1.807) is 6.42 Å². The molecule has 0 heterocycles. The fourth-order valence-corrected chi connectivity index (χ4v) is 0.0514. The molecule has 1 heteroatoms. The van der Waals surface area contributed by atoms with Gasteiger partial charge in [0, 0.05) is 0 Å². The number of hydrogen-bond donors (Lipinski definition) is 0. The zero-order valence-corrected chi connectivity index (χ0v) is 2.24. The molecule has 0 spiro atoms. The Morgan fingerprint density at radius 2 is 2.25 bits per heavy atom. The second kappa shape index (κ2) is 0.449. The van der Waals surface area contributed by atoms with Gasteiger partial charge in [0.25, 0.3) is 0 Å². The highest BCUT2D eigenvalue weighted by Gasteiger charge is 2.19. The van der Waals surface area contributed by atoms with Crippen LogP contribution in [0.25, 0.3) is 0 Å². The van der Waals surface area contributed by atoms with Crippen LogP contribution in [0.5, 0.6) is 0 Å². The van der Waals surface area contributed by atoms with E-state index in [-0.39, 0.29) is 0 Å². The molecular formula is C3H4F. The molecule has 0 saturated heterocycles. The molecule has 0 amide bonds. The van der Waals surface area contributed by atoms with Gasteiger partial charge in [0.15, 0.2) is 0 Å². The summed E-state index contributed by atoms with van der Waals surface area (Å²) in [6, 6.07) is 0. The average Bonchev–Trinajstić information content (AvgIpc) is 1.75. The first-order valence-electron chi connectivity index (χ1n) is 1.37. The Morgan fingerprint density at radius 1 is 2.00 bits per heavy atom. The zero-order valence-electron chi connectivity index (χ0n) is 2.24. The Morgan fingerprint density at radius 3 is 2.25 bits per heavy atom. The van der Waals surface area contributed by atoms with Gasteiger partial charge in [0.1, 0.15) is 6.17 Å². The van der Waals surface area contributed by atoms with Crippen LogP contribution in [0, 0.1) is 6.42 Å². The largest absolute Gasteiger partial charge is 0.247 e. The van der Waals surface area contributed by atoms with Crippen LogP contribution >= 0.6 is 0 Å². The molecule has 23 valence electrons. The molecule has 0 aliphatic heterocycles. The van der Waals surface area contributed by atoms with Gasteiger partial charge in [-0.25, -0.2) is 4.39 Å². The highest BCUT2D eigenvalue weighted by molar-refractivity contribution is 4.94. The van der Waals surface area contributed by atoms with E-state index >= 15 is 0 Å². The minimum absolute atomic E-state index is 0.542. The third kappa shape index (κ3) is 0.194. The lowest BCUT2D eigenvalue weighted by Crippen LogP contribution is -1.49. The summed E-state index contributed by atoms with van der Waals surface area (Å²) >= 11 is 0. The van der Waals surface area contributed by atoms with Crippen molar-refractivity contribution in [2.24, 2.45) is 0 Å². The smallest absolute Gasteiger partial charge is 0.104 e. The standard InChI is InChI=1S/C3H4F/c4-3-1-2-3/h1,3H,2H2/t3-/m0/s1. The van der Waals surface area contributed by atoms with Crippen LogP contribution in [-0.2, 0) is 0 Å². The second-order valence-corrected chi connectivity index (χ2v) is 0.987. The molecule has 4 heavy (non-hydrogen) atoms. The maximum Gasteiger partial charge on any atom is 0.104 e. The van der Waals surface area contributed by atoms with E-state index in [4.69, 9.17) is 0 Å².